The van der Waals surface area contributed by atoms with Gasteiger partial charge in [0.05, 0.1) is 23.4 Å². The highest BCUT2D eigenvalue weighted by molar-refractivity contribution is 8.76. The molecule has 8 N–H and O–H groups in total. The summed E-state index contributed by atoms with van der Waals surface area (Å²) in [7, 11) is 3.16. The van der Waals surface area contributed by atoms with E-state index in [1.54, 1.807) is 47.6 Å². The molecule has 2 aliphatic heterocycles. The van der Waals surface area contributed by atoms with Crippen LogP contribution < -0.4 is 31.8 Å². The average molecular weight is 683 g/mol. The number of rotatable bonds is 6. The van der Waals surface area contributed by atoms with Crippen molar-refractivity contribution in [1.82, 2.24) is 0 Å². The van der Waals surface area contributed by atoms with E-state index in [2.05, 4.69) is 10.5 Å². The molecule has 2 aromatic carbocycles. The van der Waals surface area contributed by atoms with Gasteiger partial charge in [-0.2, -0.15) is 0 Å². The summed E-state index contributed by atoms with van der Waals surface area (Å²) in [4.78, 5) is 19.7. The van der Waals surface area contributed by atoms with Gasteiger partial charge in [-0.3, -0.25) is 15.5 Å². The van der Waals surface area contributed by atoms with Crippen LogP contribution in [0, 0.1) is 0 Å². The summed E-state index contributed by atoms with van der Waals surface area (Å²) < 4.78 is 20.2. The standard InChI is InChI=1S/C34H42N4O7S2/c1-33(2,40)24-13-22-28(44-24)23-16-47-46-15-19(37-32(35)36)14-34(41)12-11-21(17-7-9-18(38-42)10-8-17)25-27(39)26(30(23)45-31(25)34)29(22)43-20-5-3-4-6-20/h7-10,19-21,24,38,40-42H,3-6,11-16H2,1-2H3,(H4,35,36,37). The number of fused-ring (bicyclic) bond motifs is 2. The molecular formula is C34H42N4O7S2. The molecule has 1 fully saturated rings. The maximum absolute atomic E-state index is 15.2. The molecular weight excluding hydrogens is 641 g/mol. The van der Waals surface area contributed by atoms with Crippen molar-refractivity contribution in [2.24, 2.45) is 16.5 Å². The topological polar surface area (TPSA) is 186 Å². The molecule has 3 heterocycles. The summed E-state index contributed by atoms with van der Waals surface area (Å²) in [5, 5.41) is 33.3. The van der Waals surface area contributed by atoms with Gasteiger partial charge in [0.25, 0.3) is 0 Å². The molecule has 4 atom stereocenters. The third-order valence-corrected chi connectivity index (χ3v) is 12.4. The molecule has 47 heavy (non-hydrogen) atoms. The number of aliphatic hydroxyl groups is 2. The summed E-state index contributed by atoms with van der Waals surface area (Å²) in [5.74, 6) is 1.78. The SMILES string of the molecule is CC(C)(O)C1Cc2c(c3c4oc5c(c(=O)c4c2OC2CCCC2)C(c2ccc(NO)cc2)CCC5(O)CC(N=C(N)N)CSSC3)O1. The van der Waals surface area contributed by atoms with Crippen LogP contribution in [-0.2, 0) is 17.8 Å². The fourth-order valence-corrected chi connectivity index (χ4v) is 9.90. The van der Waals surface area contributed by atoms with E-state index in [0.717, 1.165) is 36.8 Å². The Kier molecular flexibility index (Phi) is 8.57. The van der Waals surface area contributed by atoms with Gasteiger partial charge in [0.1, 0.15) is 39.9 Å². The van der Waals surface area contributed by atoms with Gasteiger partial charge in [0.2, 0.25) is 5.43 Å². The molecule has 3 aromatic rings. The summed E-state index contributed by atoms with van der Waals surface area (Å²) in [6.45, 7) is 3.45. The van der Waals surface area contributed by atoms with Crippen molar-refractivity contribution in [3.63, 3.8) is 0 Å². The van der Waals surface area contributed by atoms with Crippen molar-refractivity contribution in [2.45, 2.75) is 106 Å². The molecule has 2 aliphatic carbocycles. The lowest BCUT2D eigenvalue weighted by Crippen LogP contribution is -2.39. The number of ether oxygens (including phenoxy) is 2. The van der Waals surface area contributed by atoms with E-state index in [0.29, 0.717) is 70.1 Å². The average Bonchev–Trinajstić information content (AvgIpc) is 3.71. The van der Waals surface area contributed by atoms with Crippen LogP contribution in [0.15, 0.2) is 38.5 Å². The number of guanidine groups is 1. The van der Waals surface area contributed by atoms with E-state index in [1.807, 2.05) is 12.1 Å². The van der Waals surface area contributed by atoms with Crippen LogP contribution in [0.2, 0.25) is 0 Å². The molecule has 2 bridgehead atoms. The zero-order valence-electron chi connectivity index (χ0n) is 26.6. The largest absolute Gasteiger partial charge is 0.489 e. The molecule has 7 rings (SSSR count). The minimum atomic E-state index is -1.52. The number of anilines is 1. The highest BCUT2D eigenvalue weighted by atomic mass is 33.1. The Balaban J connectivity index is 1.52. The molecule has 0 saturated heterocycles. The van der Waals surface area contributed by atoms with Crippen molar-refractivity contribution >= 4 is 44.2 Å². The molecule has 0 radical (unpaired) electrons. The number of hydrogen-bond acceptors (Lipinski definition) is 11. The molecule has 0 spiro atoms. The summed E-state index contributed by atoms with van der Waals surface area (Å²) in [6, 6.07) is 6.81. The Morgan fingerprint density at radius 3 is 2.55 bits per heavy atom. The first-order valence-corrected chi connectivity index (χ1v) is 18.8. The number of benzene rings is 2. The highest BCUT2D eigenvalue weighted by Gasteiger charge is 2.47. The van der Waals surface area contributed by atoms with Crippen LogP contribution in [0.5, 0.6) is 11.5 Å². The van der Waals surface area contributed by atoms with Gasteiger partial charge in [-0.25, -0.2) is 4.99 Å². The second-order valence-electron chi connectivity index (χ2n) is 13.8. The van der Waals surface area contributed by atoms with Gasteiger partial charge in [-0.1, -0.05) is 33.7 Å². The Bertz CT molecular complexity index is 1760. The minimum Gasteiger partial charge on any atom is -0.489 e. The van der Waals surface area contributed by atoms with Crippen LogP contribution in [0.4, 0.5) is 5.69 Å². The van der Waals surface area contributed by atoms with E-state index in [4.69, 9.17) is 25.4 Å². The molecule has 4 unspecified atom stereocenters. The van der Waals surface area contributed by atoms with Crippen molar-refractivity contribution in [3.8, 4) is 11.5 Å². The maximum atomic E-state index is 15.2. The predicted octanol–water partition coefficient (Wildman–Crippen LogP) is 5.03. The van der Waals surface area contributed by atoms with Gasteiger partial charge < -0.3 is 35.6 Å². The molecule has 13 heteroatoms. The Labute approximate surface area is 280 Å². The zero-order chi connectivity index (χ0) is 33.1. The third kappa shape index (κ3) is 5.94. The fraction of sp³-hybridized carbons (Fsp3) is 0.529. The van der Waals surface area contributed by atoms with Crippen molar-refractivity contribution in [2.75, 3.05) is 11.2 Å². The van der Waals surface area contributed by atoms with E-state index < -0.39 is 23.3 Å². The quantitative estimate of drug-likeness (QED) is 0.0883. The molecule has 0 amide bonds. The van der Waals surface area contributed by atoms with Crippen LogP contribution in [-0.4, -0.2) is 51.0 Å². The molecule has 1 saturated carbocycles. The first kappa shape index (κ1) is 32.4. The van der Waals surface area contributed by atoms with Crippen LogP contribution in [0.25, 0.3) is 11.0 Å². The van der Waals surface area contributed by atoms with Gasteiger partial charge >= 0.3 is 0 Å². The lowest BCUT2D eigenvalue weighted by atomic mass is 9.72. The number of aliphatic imine (C=N–C) groups is 1. The molecule has 11 nitrogen and oxygen atoms in total. The Hall–Kier alpha value is -3.10. The number of nitrogens with two attached hydrogens (primary N) is 2. The second kappa shape index (κ2) is 12.4. The molecule has 1 aromatic heterocycles. The van der Waals surface area contributed by atoms with E-state index in [1.165, 1.54) is 0 Å². The lowest BCUT2D eigenvalue weighted by Gasteiger charge is -2.38. The van der Waals surface area contributed by atoms with E-state index in [9.17, 15) is 15.4 Å². The maximum Gasteiger partial charge on any atom is 0.200 e. The summed E-state index contributed by atoms with van der Waals surface area (Å²) in [6.07, 6.45) is 4.61. The van der Waals surface area contributed by atoms with Gasteiger partial charge in [0, 0.05) is 47.0 Å². The summed E-state index contributed by atoms with van der Waals surface area (Å²) >= 11 is 0. The van der Waals surface area contributed by atoms with Crippen molar-refractivity contribution in [3.05, 3.63) is 62.5 Å². The zero-order valence-corrected chi connectivity index (χ0v) is 28.2. The van der Waals surface area contributed by atoms with E-state index >= 15 is 4.79 Å². The molecule has 4 aliphatic rings. The van der Waals surface area contributed by atoms with Crippen LogP contribution >= 0.6 is 21.6 Å². The number of nitrogens with zero attached hydrogens (tertiary/aromatic N) is 1. The predicted molar refractivity (Wildman–Crippen MR) is 185 cm³/mol. The van der Waals surface area contributed by atoms with Gasteiger partial charge in [0.15, 0.2) is 5.96 Å². The van der Waals surface area contributed by atoms with E-state index in [-0.39, 0.29) is 35.6 Å². The van der Waals surface area contributed by atoms with Gasteiger partial charge in [-0.05, 0) is 70.1 Å². The molecule has 252 valence electrons. The number of nitrogens with one attached hydrogen (secondary N) is 1. The normalized spacial score (nSPS) is 26.0. The highest BCUT2D eigenvalue weighted by Crippen LogP contribution is 2.53. The van der Waals surface area contributed by atoms with Gasteiger partial charge in [-0.15, -0.1) is 0 Å². The van der Waals surface area contributed by atoms with Crippen molar-refractivity contribution in [1.29, 1.82) is 0 Å². The minimum absolute atomic E-state index is 0.0524. The summed E-state index contributed by atoms with van der Waals surface area (Å²) in [5.41, 5.74) is 14.5. The third-order valence-electron chi connectivity index (χ3n) is 10.0. The monoisotopic (exact) mass is 682 g/mol. The lowest BCUT2D eigenvalue weighted by molar-refractivity contribution is -0.0232. The van der Waals surface area contributed by atoms with Crippen molar-refractivity contribution < 1.29 is 29.3 Å². The smallest absolute Gasteiger partial charge is 0.200 e. The Morgan fingerprint density at radius 1 is 1.13 bits per heavy atom. The second-order valence-corrected chi connectivity index (χ2v) is 16.3. The number of hydrogen-bond donors (Lipinski definition) is 6. The fourth-order valence-electron chi connectivity index (χ4n) is 7.62. The van der Waals surface area contributed by atoms with Crippen LogP contribution in [0.1, 0.15) is 92.7 Å². The first-order valence-electron chi connectivity index (χ1n) is 16.3. The first-order chi connectivity index (χ1) is 22.5. The van der Waals surface area contributed by atoms with Crippen LogP contribution in [0.3, 0.4) is 0 Å². The Morgan fingerprint density at radius 2 is 1.87 bits per heavy atom.